The summed E-state index contributed by atoms with van der Waals surface area (Å²) in [6.45, 7) is 6.81. The minimum Gasteiger partial charge on any atom is -0.496 e. The molecule has 5 nitrogen and oxygen atoms in total. The van der Waals surface area contributed by atoms with Gasteiger partial charge in [0.2, 0.25) is 0 Å². The van der Waals surface area contributed by atoms with Gasteiger partial charge in [-0.1, -0.05) is 31.2 Å². The molecule has 3 rings (SSSR count). The van der Waals surface area contributed by atoms with Crippen LogP contribution in [-0.4, -0.2) is 22.6 Å². The second-order valence-corrected chi connectivity index (χ2v) is 6.96. The van der Waals surface area contributed by atoms with E-state index in [1.165, 1.54) is 0 Å². The number of carbonyl (C=O) groups excluding carboxylic acids is 1. The van der Waals surface area contributed by atoms with Gasteiger partial charge in [-0.15, -0.1) is 0 Å². The van der Waals surface area contributed by atoms with Crippen LogP contribution in [0.5, 0.6) is 5.75 Å². The number of hydrogen-bond donors (Lipinski definition) is 1. The van der Waals surface area contributed by atoms with E-state index in [1.54, 1.807) is 13.3 Å². The monoisotopic (exact) mass is 377 g/mol. The molecule has 0 unspecified atom stereocenters. The first-order valence-corrected chi connectivity index (χ1v) is 9.54. The van der Waals surface area contributed by atoms with E-state index in [1.807, 2.05) is 56.4 Å². The van der Waals surface area contributed by atoms with Crippen LogP contribution in [0.1, 0.15) is 52.3 Å². The first-order chi connectivity index (χ1) is 13.5. The number of nitrogens with zero attached hydrogens (tertiary/aromatic N) is 2. The molecule has 3 aromatic rings. The fraction of sp³-hybridized carbons (Fsp3) is 0.304. The fourth-order valence-corrected chi connectivity index (χ4v) is 3.31. The number of aryl methyl sites for hydroxylation is 2. The van der Waals surface area contributed by atoms with E-state index < -0.39 is 0 Å². The molecule has 1 N–H and O–H groups in total. The van der Waals surface area contributed by atoms with Crippen LogP contribution < -0.4 is 10.1 Å². The molecule has 1 heterocycles. The summed E-state index contributed by atoms with van der Waals surface area (Å²) in [6.07, 6.45) is 4.57. The van der Waals surface area contributed by atoms with Gasteiger partial charge in [-0.25, -0.2) is 4.98 Å². The molecule has 0 aliphatic carbocycles. The highest BCUT2D eigenvalue weighted by Crippen LogP contribution is 2.24. The molecule has 5 heteroatoms. The van der Waals surface area contributed by atoms with E-state index in [0.717, 1.165) is 41.2 Å². The second kappa shape index (κ2) is 8.74. The van der Waals surface area contributed by atoms with Crippen LogP contribution in [0.2, 0.25) is 0 Å². The van der Waals surface area contributed by atoms with Crippen LogP contribution in [0, 0.1) is 13.8 Å². The third-order valence-corrected chi connectivity index (χ3v) is 5.03. The molecule has 146 valence electrons. The normalized spacial score (nSPS) is 11.9. The Morgan fingerprint density at radius 3 is 2.50 bits per heavy atom. The largest absolute Gasteiger partial charge is 0.496 e. The summed E-state index contributed by atoms with van der Waals surface area (Å²) in [6, 6.07) is 13.7. The Hall–Kier alpha value is -3.08. The van der Waals surface area contributed by atoms with Crippen molar-refractivity contribution in [2.45, 2.75) is 39.8 Å². The van der Waals surface area contributed by atoms with E-state index in [2.05, 4.69) is 27.9 Å². The number of hydrogen-bond acceptors (Lipinski definition) is 3. The van der Waals surface area contributed by atoms with Gasteiger partial charge >= 0.3 is 0 Å². The van der Waals surface area contributed by atoms with Crippen LogP contribution in [0.25, 0.3) is 0 Å². The highest BCUT2D eigenvalue weighted by molar-refractivity contribution is 5.94. The standard InChI is InChI=1S/C23H27N3O2/c1-5-21(20-10-11-22(28-4)16(2)14-20)25-23(27)19-8-6-18(7-9-19)15-26-13-12-24-17(26)3/h6-14,21H,5,15H2,1-4H3,(H,25,27)/t21-/m0/s1. The molecule has 0 aliphatic rings. The van der Waals surface area contributed by atoms with Crippen molar-refractivity contribution < 1.29 is 9.53 Å². The van der Waals surface area contributed by atoms with Crippen LogP contribution in [0.3, 0.4) is 0 Å². The van der Waals surface area contributed by atoms with Gasteiger partial charge in [0, 0.05) is 24.5 Å². The summed E-state index contributed by atoms with van der Waals surface area (Å²) in [5.41, 5.74) is 3.94. The minimum atomic E-state index is -0.0642. The lowest BCUT2D eigenvalue weighted by molar-refractivity contribution is 0.0935. The molecule has 0 fully saturated rings. The molecule has 1 aromatic heterocycles. The maximum absolute atomic E-state index is 12.7. The molecular weight excluding hydrogens is 350 g/mol. The maximum atomic E-state index is 12.7. The first kappa shape index (κ1) is 19.7. The Balaban J connectivity index is 1.69. The number of rotatable bonds is 7. The summed E-state index contributed by atoms with van der Waals surface area (Å²) in [5, 5.41) is 3.14. The number of imidazole rings is 1. The highest BCUT2D eigenvalue weighted by atomic mass is 16.5. The molecular formula is C23H27N3O2. The number of benzene rings is 2. The molecule has 0 bridgehead atoms. The average molecular weight is 377 g/mol. The van der Waals surface area contributed by atoms with Crippen molar-refractivity contribution >= 4 is 5.91 Å². The van der Waals surface area contributed by atoms with E-state index in [0.29, 0.717) is 5.56 Å². The third kappa shape index (κ3) is 4.42. The zero-order chi connectivity index (χ0) is 20.1. The van der Waals surface area contributed by atoms with Crippen molar-refractivity contribution in [2.75, 3.05) is 7.11 Å². The lowest BCUT2D eigenvalue weighted by atomic mass is 10.0. The van der Waals surface area contributed by atoms with Crippen molar-refractivity contribution in [3.63, 3.8) is 0 Å². The van der Waals surface area contributed by atoms with E-state index in [-0.39, 0.29) is 11.9 Å². The third-order valence-electron chi connectivity index (χ3n) is 5.03. The molecule has 0 spiro atoms. The van der Waals surface area contributed by atoms with Crippen molar-refractivity contribution in [1.82, 2.24) is 14.9 Å². The van der Waals surface area contributed by atoms with E-state index >= 15 is 0 Å². The van der Waals surface area contributed by atoms with Crippen LogP contribution in [0.15, 0.2) is 54.9 Å². The lowest BCUT2D eigenvalue weighted by Gasteiger charge is -2.19. The first-order valence-electron chi connectivity index (χ1n) is 9.54. The quantitative estimate of drug-likeness (QED) is 0.662. The van der Waals surface area contributed by atoms with Gasteiger partial charge < -0.3 is 14.6 Å². The van der Waals surface area contributed by atoms with Gasteiger partial charge in [0.15, 0.2) is 0 Å². The van der Waals surface area contributed by atoms with E-state index in [4.69, 9.17) is 4.74 Å². The zero-order valence-corrected chi connectivity index (χ0v) is 16.9. The van der Waals surface area contributed by atoms with Crippen LogP contribution in [-0.2, 0) is 6.54 Å². The topological polar surface area (TPSA) is 56.2 Å². The van der Waals surface area contributed by atoms with Crippen molar-refractivity contribution in [1.29, 1.82) is 0 Å². The van der Waals surface area contributed by atoms with Crippen LogP contribution in [0.4, 0.5) is 0 Å². The van der Waals surface area contributed by atoms with Crippen molar-refractivity contribution in [2.24, 2.45) is 0 Å². The van der Waals surface area contributed by atoms with Gasteiger partial charge in [0.25, 0.3) is 5.91 Å². The van der Waals surface area contributed by atoms with Gasteiger partial charge in [0.05, 0.1) is 13.2 Å². The number of ether oxygens (including phenoxy) is 1. The molecule has 1 atom stereocenters. The lowest BCUT2D eigenvalue weighted by Crippen LogP contribution is -2.28. The summed E-state index contributed by atoms with van der Waals surface area (Å²) in [4.78, 5) is 17.0. The second-order valence-electron chi connectivity index (χ2n) is 6.96. The zero-order valence-electron chi connectivity index (χ0n) is 16.9. The van der Waals surface area contributed by atoms with E-state index in [9.17, 15) is 4.79 Å². The summed E-state index contributed by atoms with van der Waals surface area (Å²) >= 11 is 0. The van der Waals surface area contributed by atoms with Gasteiger partial charge in [0.1, 0.15) is 11.6 Å². The smallest absolute Gasteiger partial charge is 0.251 e. The summed E-state index contributed by atoms with van der Waals surface area (Å²) in [5.74, 6) is 1.77. The molecule has 0 radical (unpaired) electrons. The Morgan fingerprint density at radius 2 is 1.93 bits per heavy atom. The fourth-order valence-electron chi connectivity index (χ4n) is 3.31. The van der Waals surface area contributed by atoms with Gasteiger partial charge in [-0.3, -0.25) is 4.79 Å². The van der Waals surface area contributed by atoms with Crippen molar-refractivity contribution in [3.8, 4) is 5.75 Å². The summed E-state index contributed by atoms with van der Waals surface area (Å²) in [7, 11) is 1.67. The predicted molar refractivity (Wildman–Crippen MR) is 111 cm³/mol. The van der Waals surface area contributed by atoms with Gasteiger partial charge in [-0.2, -0.15) is 0 Å². The number of aromatic nitrogens is 2. The predicted octanol–water partition coefficient (Wildman–Crippen LogP) is 4.44. The Bertz CT molecular complexity index is 945. The average Bonchev–Trinajstić information content (AvgIpc) is 3.11. The number of amides is 1. The Kier molecular flexibility index (Phi) is 6.14. The molecule has 0 saturated heterocycles. The van der Waals surface area contributed by atoms with Crippen LogP contribution >= 0.6 is 0 Å². The molecule has 2 aromatic carbocycles. The Morgan fingerprint density at radius 1 is 1.18 bits per heavy atom. The number of carbonyl (C=O) groups is 1. The van der Waals surface area contributed by atoms with Gasteiger partial charge in [-0.05, 0) is 55.2 Å². The minimum absolute atomic E-state index is 0.0367. The molecule has 0 saturated carbocycles. The molecule has 28 heavy (non-hydrogen) atoms. The highest BCUT2D eigenvalue weighted by Gasteiger charge is 2.15. The number of nitrogens with one attached hydrogen (secondary N) is 1. The number of methoxy groups -OCH3 is 1. The van der Waals surface area contributed by atoms with Crippen molar-refractivity contribution in [3.05, 3.63) is 82.9 Å². The molecule has 1 amide bonds. The Labute approximate surface area is 166 Å². The SMILES string of the molecule is CC[C@H](NC(=O)c1ccc(Cn2ccnc2C)cc1)c1ccc(OC)c(C)c1. The molecule has 0 aliphatic heterocycles. The summed E-state index contributed by atoms with van der Waals surface area (Å²) < 4.78 is 7.40. The maximum Gasteiger partial charge on any atom is 0.251 e.